The van der Waals surface area contributed by atoms with Crippen molar-refractivity contribution < 1.29 is 14.0 Å². The van der Waals surface area contributed by atoms with Crippen molar-refractivity contribution in [2.75, 3.05) is 32.7 Å². The van der Waals surface area contributed by atoms with Gasteiger partial charge in [0.15, 0.2) is 5.76 Å². The Morgan fingerprint density at radius 2 is 1.52 bits per heavy atom. The number of hydrogen-bond donors (Lipinski definition) is 0. The van der Waals surface area contributed by atoms with Crippen LogP contribution in [0, 0.1) is 0 Å². The van der Waals surface area contributed by atoms with Crippen molar-refractivity contribution in [3.8, 4) is 0 Å². The molecule has 3 amide bonds. The minimum absolute atomic E-state index is 0.0691. The number of rotatable bonds is 1. The molecule has 0 atom stereocenters. The highest BCUT2D eigenvalue weighted by Crippen LogP contribution is 2.20. The monoisotopic (exact) mass is 339 g/mol. The maximum atomic E-state index is 12.8. The van der Waals surface area contributed by atoms with E-state index in [1.54, 1.807) is 17.0 Å². The van der Waals surface area contributed by atoms with Crippen molar-refractivity contribution in [2.45, 2.75) is 13.0 Å². The second-order valence-electron chi connectivity index (χ2n) is 6.48. The summed E-state index contributed by atoms with van der Waals surface area (Å²) >= 11 is 0. The third-order valence-corrected chi connectivity index (χ3v) is 4.97. The highest BCUT2D eigenvalue weighted by atomic mass is 16.3. The molecule has 6 nitrogen and oxygen atoms in total. The Hall–Kier alpha value is -2.76. The van der Waals surface area contributed by atoms with Crippen LogP contribution in [0.25, 0.3) is 0 Å². The topological polar surface area (TPSA) is 57.0 Å². The van der Waals surface area contributed by atoms with Crippen LogP contribution in [0.3, 0.4) is 0 Å². The highest BCUT2D eigenvalue weighted by Gasteiger charge is 2.29. The fourth-order valence-corrected chi connectivity index (χ4v) is 3.52. The van der Waals surface area contributed by atoms with Crippen molar-refractivity contribution >= 4 is 11.9 Å². The predicted octanol–water partition coefficient (Wildman–Crippen LogP) is 2.22. The van der Waals surface area contributed by atoms with Crippen LogP contribution in [0.1, 0.15) is 21.7 Å². The fourth-order valence-electron chi connectivity index (χ4n) is 3.52. The van der Waals surface area contributed by atoms with Gasteiger partial charge in [-0.1, -0.05) is 24.3 Å². The Labute approximate surface area is 146 Å². The molecule has 0 N–H and O–H groups in total. The van der Waals surface area contributed by atoms with Crippen molar-refractivity contribution in [1.29, 1.82) is 0 Å². The normalized spacial score (nSPS) is 17.4. The third-order valence-electron chi connectivity index (χ3n) is 4.97. The first-order valence-corrected chi connectivity index (χ1v) is 8.66. The van der Waals surface area contributed by atoms with Crippen LogP contribution in [0.15, 0.2) is 47.1 Å². The minimum atomic E-state index is -0.107. The molecule has 1 fully saturated rings. The molecule has 1 aromatic carbocycles. The molecule has 1 aromatic heterocycles. The summed E-state index contributed by atoms with van der Waals surface area (Å²) in [6.07, 6.45) is 2.40. The largest absolute Gasteiger partial charge is 0.459 e. The second-order valence-corrected chi connectivity index (χ2v) is 6.48. The van der Waals surface area contributed by atoms with Gasteiger partial charge in [-0.15, -0.1) is 0 Å². The molecule has 2 aliphatic heterocycles. The Bertz CT molecular complexity index is 764. The number of urea groups is 1. The minimum Gasteiger partial charge on any atom is -0.459 e. The zero-order valence-corrected chi connectivity index (χ0v) is 14.1. The highest BCUT2D eigenvalue weighted by molar-refractivity contribution is 5.91. The van der Waals surface area contributed by atoms with E-state index in [4.69, 9.17) is 4.42 Å². The molecule has 6 heteroatoms. The number of carbonyl (C=O) groups is 2. The summed E-state index contributed by atoms with van der Waals surface area (Å²) in [5.74, 6) is 0.247. The number of benzene rings is 1. The van der Waals surface area contributed by atoms with Gasteiger partial charge >= 0.3 is 6.03 Å². The molecule has 0 bridgehead atoms. The lowest BCUT2D eigenvalue weighted by molar-refractivity contribution is 0.0606. The Morgan fingerprint density at radius 1 is 0.800 bits per heavy atom. The average Bonchev–Trinajstić information content (AvgIpc) is 3.21. The summed E-state index contributed by atoms with van der Waals surface area (Å²) in [5, 5.41) is 0. The number of hydrogen-bond acceptors (Lipinski definition) is 3. The summed E-state index contributed by atoms with van der Waals surface area (Å²) in [5.41, 5.74) is 2.56. The Kier molecular flexibility index (Phi) is 4.17. The maximum Gasteiger partial charge on any atom is 0.320 e. The molecule has 0 aliphatic carbocycles. The van der Waals surface area contributed by atoms with Gasteiger partial charge in [0.1, 0.15) is 0 Å². The van der Waals surface area contributed by atoms with Gasteiger partial charge < -0.3 is 19.1 Å². The molecule has 2 aromatic rings. The van der Waals surface area contributed by atoms with Crippen LogP contribution in [0.2, 0.25) is 0 Å². The van der Waals surface area contributed by atoms with E-state index in [0.717, 1.165) is 13.0 Å². The molecule has 25 heavy (non-hydrogen) atoms. The SMILES string of the molecule is O=C(c1ccco1)N1CCN(C(=O)N2CCc3ccccc3C2)CC1. The van der Waals surface area contributed by atoms with Gasteiger partial charge in [-0.05, 0) is 29.7 Å². The zero-order chi connectivity index (χ0) is 17.2. The first-order valence-electron chi connectivity index (χ1n) is 8.66. The Morgan fingerprint density at radius 3 is 2.24 bits per heavy atom. The standard InChI is InChI=1S/C19H21N3O3/c23-18(17-6-3-13-25-17)20-9-11-21(12-10-20)19(24)22-8-7-15-4-1-2-5-16(15)14-22/h1-6,13H,7-12,14H2. The number of fused-ring (bicyclic) bond motifs is 1. The molecule has 1 saturated heterocycles. The van der Waals surface area contributed by atoms with E-state index in [-0.39, 0.29) is 11.9 Å². The number of amides is 3. The van der Waals surface area contributed by atoms with Crippen molar-refractivity contribution in [3.63, 3.8) is 0 Å². The summed E-state index contributed by atoms with van der Waals surface area (Å²) in [6.45, 7) is 3.61. The molecule has 0 saturated carbocycles. The van der Waals surface area contributed by atoms with Crippen molar-refractivity contribution in [2.24, 2.45) is 0 Å². The summed E-state index contributed by atoms with van der Waals surface area (Å²) in [6, 6.07) is 11.7. The molecule has 0 radical (unpaired) electrons. The molecule has 3 heterocycles. The smallest absolute Gasteiger partial charge is 0.320 e. The molecule has 0 unspecified atom stereocenters. The van der Waals surface area contributed by atoms with E-state index in [1.165, 1.54) is 17.4 Å². The summed E-state index contributed by atoms with van der Waals surface area (Å²) in [7, 11) is 0. The average molecular weight is 339 g/mol. The predicted molar refractivity (Wildman–Crippen MR) is 92.1 cm³/mol. The van der Waals surface area contributed by atoms with E-state index in [1.807, 2.05) is 21.9 Å². The van der Waals surface area contributed by atoms with Crippen LogP contribution in [-0.4, -0.2) is 59.4 Å². The number of furan rings is 1. The first kappa shape index (κ1) is 15.7. The number of carbonyl (C=O) groups excluding carboxylic acids is 2. The van der Waals surface area contributed by atoms with E-state index < -0.39 is 0 Å². The second kappa shape index (κ2) is 6.63. The van der Waals surface area contributed by atoms with E-state index in [2.05, 4.69) is 12.1 Å². The van der Waals surface area contributed by atoms with E-state index in [9.17, 15) is 9.59 Å². The first-order chi connectivity index (χ1) is 12.2. The molecule has 130 valence electrons. The van der Waals surface area contributed by atoms with E-state index in [0.29, 0.717) is 38.5 Å². The number of piperazine rings is 1. The van der Waals surface area contributed by atoms with E-state index >= 15 is 0 Å². The van der Waals surface area contributed by atoms with Crippen LogP contribution >= 0.6 is 0 Å². The quantitative estimate of drug-likeness (QED) is 0.800. The van der Waals surface area contributed by atoms with Gasteiger partial charge in [0, 0.05) is 39.3 Å². The van der Waals surface area contributed by atoms with Crippen molar-refractivity contribution in [3.05, 3.63) is 59.5 Å². The molecule has 0 spiro atoms. The fraction of sp³-hybridized carbons (Fsp3) is 0.368. The summed E-state index contributed by atoms with van der Waals surface area (Å²) in [4.78, 5) is 30.6. The van der Waals surface area contributed by atoms with Crippen molar-refractivity contribution in [1.82, 2.24) is 14.7 Å². The van der Waals surface area contributed by atoms with Gasteiger partial charge in [0.25, 0.3) is 5.91 Å². The van der Waals surface area contributed by atoms with Crippen LogP contribution in [0.5, 0.6) is 0 Å². The molecular formula is C19H21N3O3. The van der Waals surface area contributed by atoms with Crippen LogP contribution in [-0.2, 0) is 13.0 Å². The van der Waals surface area contributed by atoms with Gasteiger partial charge in [0.05, 0.1) is 6.26 Å². The summed E-state index contributed by atoms with van der Waals surface area (Å²) < 4.78 is 5.17. The third kappa shape index (κ3) is 3.12. The maximum absolute atomic E-state index is 12.8. The van der Waals surface area contributed by atoms with Gasteiger partial charge in [-0.2, -0.15) is 0 Å². The Balaban J connectivity index is 1.35. The van der Waals surface area contributed by atoms with Gasteiger partial charge in [0.2, 0.25) is 0 Å². The zero-order valence-electron chi connectivity index (χ0n) is 14.1. The lowest BCUT2D eigenvalue weighted by Crippen LogP contribution is -2.54. The lowest BCUT2D eigenvalue weighted by atomic mass is 10.0. The molecular weight excluding hydrogens is 318 g/mol. The van der Waals surface area contributed by atoms with Crippen LogP contribution < -0.4 is 0 Å². The van der Waals surface area contributed by atoms with Crippen LogP contribution in [0.4, 0.5) is 4.79 Å². The molecule has 2 aliphatic rings. The number of nitrogens with zero attached hydrogens (tertiary/aromatic N) is 3. The van der Waals surface area contributed by atoms with Gasteiger partial charge in [-0.3, -0.25) is 4.79 Å². The van der Waals surface area contributed by atoms with Gasteiger partial charge in [-0.25, -0.2) is 4.79 Å². The molecule has 4 rings (SSSR count). The lowest BCUT2D eigenvalue weighted by Gasteiger charge is -2.38.